The van der Waals surface area contributed by atoms with Gasteiger partial charge in [-0.2, -0.15) is 4.72 Å². The van der Waals surface area contributed by atoms with Gasteiger partial charge in [-0.25, -0.2) is 21.1 Å². The Morgan fingerprint density at radius 3 is 2.11 bits per heavy atom. The van der Waals surface area contributed by atoms with Gasteiger partial charge in [-0.1, -0.05) is 54.1 Å². The summed E-state index contributed by atoms with van der Waals surface area (Å²) in [6, 6.07) is 18.0. The standard InChI is InChI=1S/C25H28ClN3O6S2/c1-29(2)37(33,34)20-11-9-19(10-12-20)17-27-25(30)23(15-18-7-5-4-6-8-18)28-36(31,32)21-13-14-24(35-3)22(26)16-21/h4-14,16,23,28H,15,17H2,1-3H3,(H,27,30). The lowest BCUT2D eigenvalue weighted by Crippen LogP contribution is -2.47. The van der Waals surface area contributed by atoms with E-state index in [2.05, 4.69) is 10.0 Å². The van der Waals surface area contributed by atoms with Crippen molar-refractivity contribution in [1.82, 2.24) is 14.3 Å². The third-order valence-electron chi connectivity index (χ3n) is 5.50. The number of hydrogen-bond acceptors (Lipinski definition) is 6. The number of nitrogens with zero attached hydrogens (tertiary/aromatic N) is 1. The highest BCUT2D eigenvalue weighted by atomic mass is 35.5. The molecule has 0 aliphatic heterocycles. The van der Waals surface area contributed by atoms with Crippen molar-refractivity contribution in [1.29, 1.82) is 0 Å². The largest absolute Gasteiger partial charge is 0.495 e. The molecule has 3 rings (SSSR count). The molecule has 0 heterocycles. The number of ether oxygens (including phenoxy) is 1. The maximum absolute atomic E-state index is 13.1. The number of rotatable bonds is 11. The Labute approximate surface area is 222 Å². The van der Waals surface area contributed by atoms with Gasteiger partial charge >= 0.3 is 0 Å². The van der Waals surface area contributed by atoms with E-state index in [0.717, 1.165) is 9.87 Å². The molecule has 0 bridgehead atoms. The van der Waals surface area contributed by atoms with Crippen LogP contribution in [-0.4, -0.2) is 54.3 Å². The summed E-state index contributed by atoms with van der Waals surface area (Å²) in [6.07, 6.45) is 0.107. The van der Waals surface area contributed by atoms with Crippen LogP contribution in [0.1, 0.15) is 11.1 Å². The summed E-state index contributed by atoms with van der Waals surface area (Å²) in [5, 5.41) is 2.85. The number of nitrogens with one attached hydrogen (secondary N) is 2. The third-order valence-corrected chi connectivity index (χ3v) is 9.09. The van der Waals surface area contributed by atoms with Crippen molar-refractivity contribution < 1.29 is 26.4 Å². The third kappa shape index (κ3) is 7.30. The maximum Gasteiger partial charge on any atom is 0.242 e. The smallest absolute Gasteiger partial charge is 0.242 e. The first kappa shape index (κ1) is 28.6. The molecule has 3 aromatic rings. The second-order valence-corrected chi connectivity index (χ2v) is 12.6. The highest BCUT2D eigenvalue weighted by Crippen LogP contribution is 2.27. The number of benzene rings is 3. The number of sulfonamides is 2. The average molecular weight is 566 g/mol. The normalized spacial score (nSPS) is 12.8. The van der Waals surface area contributed by atoms with Gasteiger partial charge in [-0.05, 0) is 47.9 Å². The van der Waals surface area contributed by atoms with E-state index in [0.29, 0.717) is 11.3 Å². The van der Waals surface area contributed by atoms with Gasteiger partial charge in [0, 0.05) is 20.6 Å². The van der Waals surface area contributed by atoms with Crippen molar-refractivity contribution in [3.63, 3.8) is 0 Å². The van der Waals surface area contributed by atoms with E-state index in [4.69, 9.17) is 16.3 Å². The molecule has 0 saturated carbocycles. The second kappa shape index (κ2) is 12.1. The first-order valence-corrected chi connectivity index (χ1v) is 14.4. The van der Waals surface area contributed by atoms with E-state index in [9.17, 15) is 21.6 Å². The van der Waals surface area contributed by atoms with Crippen LogP contribution in [-0.2, 0) is 37.8 Å². The van der Waals surface area contributed by atoms with Crippen LogP contribution in [0.3, 0.4) is 0 Å². The van der Waals surface area contributed by atoms with E-state index in [1.54, 1.807) is 36.4 Å². The van der Waals surface area contributed by atoms with Crippen molar-refractivity contribution in [2.24, 2.45) is 0 Å². The predicted molar refractivity (Wildman–Crippen MR) is 141 cm³/mol. The van der Waals surface area contributed by atoms with Gasteiger partial charge in [0.2, 0.25) is 26.0 Å². The van der Waals surface area contributed by atoms with Crippen LogP contribution in [0, 0.1) is 0 Å². The fourth-order valence-corrected chi connectivity index (χ4v) is 5.86. The zero-order valence-corrected chi connectivity index (χ0v) is 22.9. The van der Waals surface area contributed by atoms with Crippen molar-refractivity contribution in [3.05, 3.63) is 88.9 Å². The summed E-state index contributed by atoms with van der Waals surface area (Å²) in [6.45, 7) is 0.0719. The molecule has 0 fully saturated rings. The molecule has 1 atom stereocenters. The monoisotopic (exact) mass is 565 g/mol. The minimum Gasteiger partial charge on any atom is -0.495 e. The molecule has 37 heavy (non-hydrogen) atoms. The minimum atomic E-state index is -4.11. The fourth-order valence-electron chi connectivity index (χ4n) is 3.41. The molecule has 0 saturated heterocycles. The summed E-state index contributed by atoms with van der Waals surface area (Å²) in [5.74, 6) is -0.222. The molecule has 2 N–H and O–H groups in total. The van der Waals surface area contributed by atoms with Gasteiger partial charge < -0.3 is 10.1 Å². The Morgan fingerprint density at radius 1 is 0.919 bits per heavy atom. The Balaban J connectivity index is 1.79. The molecular weight excluding hydrogens is 538 g/mol. The van der Waals surface area contributed by atoms with E-state index in [-0.39, 0.29) is 27.8 Å². The molecule has 0 aromatic heterocycles. The number of halogens is 1. The Morgan fingerprint density at radius 2 is 1.54 bits per heavy atom. The first-order chi connectivity index (χ1) is 17.4. The fraction of sp³-hybridized carbons (Fsp3) is 0.240. The lowest BCUT2D eigenvalue weighted by Gasteiger charge is -2.19. The molecule has 1 amide bonds. The van der Waals surface area contributed by atoms with Crippen LogP contribution in [0.25, 0.3) is 0 Å². The maximum atomic E-state index is 13.1. The van der Waals surface area contributed by atoms with Crippen LogP contribution < -0.4 is 14.8 Å². The number of carbonyl (C=O) groups is 1. The minimum absolute atomic E-state index is 0.0719. The zero-order valence-electron chi connectivity index (χ0n) is 20.5. The van der Waals surface area contributed by atoms with Crippen LogP contribution >= 0.6 is 11.6 Å². The van der Waals surface area contributed by atoms with Crippen LogP contribution in [0.5, 0.6) is 5.75 Å². The molecule has 12 heteroatoms. The SMILES string of the molecule is COc1ccc(S(=O)(=O)NC(Cc2ccccc2)C(=O)NCc2ccc(S(=O)(=O)N(C)C)cc2)cc1Cl. The van der Waals surface area contributed by atoms with Gasteiger partial charge in [0.25, 0.3) is 0 Å². The number of hydrogen-bond donors (Lipinski definition) is 2. The molecule has 0 radical (unpaired) electrons. The van der Waals surface area contributed by atoms with Crippen LogP contribution in [0.2, 0.25) is 5.02 Å². The zero-order chi connectivity index (χ0) is 27.2. The molecular formula is C25H28ClN3O6S2. The number of carbonyl (C=O) groups excluding carboxylic acids is 1. The quantitative estimate of drug-likeness (QED) is 0.369. The van der Waals surface area contributed by atoms with Crippen LogP contribution in [0.15, 0.2) is 82.6 Å². The molecule has 0 aliphatic carbocycles. The van der Waals surface area contributed by atoms with E-state index >= 15 is 0 Å². The summed E-state index contributed by atoms with van der Waals surface area (Å²) >= 11 is 6.10. The van der Waals surface area contributed by atoms with Gasteiger partial charge in [-0.15, -0.1) is 0 Å². The van der Waals surface area contributed by atoms with E-state index in [1.165, 1.54) is 51.5 Å². The average Bonchev–Trinajstić information content (AvgIpc) is 2.87. The van der Waals surface area contributed by atoms with Gasteiger partial charge in [0.15, 0.2) is 0 Å². The Kier molecular flexibility index (Phi) is 9.32. The Bertz CT molecular complexity index is 1450. The van der Waals surface area contributed by atoms with E-state index < -0.39 is 32.0 Å². The first-order valence-electron chi connectivity index (χ1n) is 11.1. The van der Waals surface area contributed by atoms with Gasteiger partial charge in [0.1, 0.15) is 11.8 Å². The van der Waals surface area contributed by atoms with Gasteiger partial charge in [0.05, 0.1) is 21.9 Å². The summed E-state index contributed by atoms with van der Waals surface area (Å²) in [4.78, 5) is 13.1. The summed E-state index contributed by atoms with van der Waals surface area (Å²) in [5.41, 5.74) is 1.41. The highest BCUT2D eigenvalue weighted by molar-refractivity contribution is 7.89. The molecule has 9 nitrogen and oxygen atoms in total. The van der Waals surface area contributed by atoms with E-state index in [1.807, 2.05) is 6.07 Å². The number of amides is 1. The van der Waals surface area contributed by atoms with Crippen molar-refractivity contribution >= 4 is 37.6 Å². The number of methoxy groups -OCH3 is 1. The second-order valence-electron chi connectivity index (χ2n) is 8.31. The molecule has 3 aromatic carbocycles. The van der Waals surface area contributed by atoms with Crippen molar-refractivity contribution in [3.8, 4) is 5.75 Å². The summed E-state index contributed by atoms with van der Waals surface area (Å²) < 4.78 is 59.4. The predicted octanol–water partition coefficient (Wildman–Crippen LogP) is 2.80. The van der Waals surface area contributed by atoms with Crippen molar-refractivity contribution in [2.75, 3.05) is 21.2 Å². The molecule has 0 spiro atoms. The van der Waals surface area contributed by atoms with Crippen molar-refractivity contribution in [2.45, 2.75) is 28.8 Å². The summed E-state index contributed by atoms with van der Waals surface area (Å²) in [7, 11) is -3.38. The highest BCUT2D eigenvalue weighted by Gasteiger charge is 2.27. The lowest BCUT2D eigenvalue weighted by molar-refractivity contribution is -0.122. The molecule has 0 aliphatic rings. The lowest BCUT2D eigenvalue weighted by atomic mass is 10.1. The van der Waals surface area contributed by atoms with Crippen LogP contribution in [0.4, 0.5) is 0 Å². The molecule has 1 unspecified atom stereocenters. The van der Waals surface area contributed by atoms with Gasteiger partial charge in [-0.3, -0.25) is 4.79 Å². The molecule has 198 valence electrons. The Hall–Kier alpha value is -2.96. The topological polar surface area (TPSA) is 122 Å².